The number of para-hydroxylation sites is 1. The van der Waals surface area contributed by atoms with Gasteiger partial charge in [-0.1, -0.05) is 48.0 Å². The number of nitrogens with zero attached hydrogens (tertiary/aromatic N) is 1. The Kier molecular flexibility index (Phi) is 6.66. The fourth-order valence-corrected chi connectivity index (χ4v) is 2.52. The Morgan fingerprint density at radius 3 is 2.54 bits per heavy atom. The van der Waals surface area contributed by atoms with Crippen molar-refractivity contribution in [1.29, 1.82) is 0 Å². The highest BCUT2D eigenvalue weighted by atomic mass is 127. The third kappa shape index (κ3) is 4.74. The van der Waals surface area contributed by atoms with Crippen LogP contribution in [0.25, 0.3) is 11.0 Å². The Bertz CT molecular complexity index is 793. The standard InChI is InChI=1S/C19H21N3O.HI/c1-14-6-5-7-15(10-14)12-21-19(20-2)22-13-17-11-16-8-3-4-9-18(16)23-17;/h3-11H,12-13H2,1-2H3,(H2,20,21,22);1H. The van der Waals surface area contributed by atoms with Gasteiger partial charge in [-0.3, -0.25) is 4.99 Å². The number of aryl methyl sites for hydroxylation is 1. The molecule has 0 radical (unpaired) electrons. The van der Waals surface area contributed by atoms with Gasteiger partial charge in [0.15, 0.2) is 5.96 Å². The number of guanidine groups is 1. The highest BCUT2D eigenvalue weighted by Gasteiger charge is 2.04. The number of furan rings is 1. The van der Waals surface area contributed by atoms with E-state index >= 15 is 0 Å². The lowest BCUT2D eigenvalue weighted by atomic mass is 10.1. The second-order valence-electron chi connectivity index (χ2n) is 5.52. The van der Waals surface area contributed by atoms with Crippen molar-refractivity contribution in [2.45, 2.75) is 20.0 Å². The largest absolute Gasteiger partial charge is 0.459 e. The van der Waals surface area contributed by atoms with Crippen molar-refractivity contribution in [3.63, 3.8) is 0 Å². The molecule has 3 rings (SSSR count). The predicted molar refractivity (Wildman–Crippen MR) is 110 cm³/mol. The van der Waals surface area contributed by atoms with Gasteiger partial charge in [0.05, 0.1) is 6.54 Å². The molecule has 0 bridgehead atoms. The molecule has 126 valence electrons. The van der Waals surface area contributed by atoms with Crippen LogP contribution in [0.1, 0.15) is 16.9 Å². The Labute approximate surface area is 159 Å². The van der Waals surface area contributed by atoms with Crippen molar-refractivity contribution in [2.24, 2.45) is 4.99 Å². The number of fused-ring (bicyclic) bond motifs is 1. The molecule has 0 saturated carbocycles. The first-order valence-electron chi connectivity index (χ1n) is 7.72. The third-order valence-electron chi connectivity index (χ3n) is 3.67. The smallest absolute Gasteiger partial charge is 0.191 e. The van der Waals surface area contributed by atoms with Gasteiger partial charge in [0.1, 0.15) is 11.3 Å². The molecule has 0 fully saturated rings. The topological polar surface area (TPSA) is 49.6 Å². The van der Waals surface area contributed by atoms with Crippen LogP contribution in [0.5, 0.6) is 0 Å². The molecule has 3 aromatic rings. The van der Waals surface area contributed by atoms with Crippen LogP contribution in [-0.4, -0.2) is 13.0 Å². The summed E-state index contributed by atoms with van der Waals surface area (Å²) < 4.78 is 5.80. The molecule has 2 N–H and O–H groups in total. The molecule has 1 heterocycles. The number of halogens is 1. The Morgan fingerprint density at radius 1 is 1.00 bits per heavy atom. The van der Waals surface area contributed by atoms with Crippen molar-refractivity contribution in [3.05, 3.63) is 71.5 Å². The zero-order chi connectivity index (χ0) is 16.1. The van der Waals surface area contributed by atoms with Gasteiger partial charge >= 0.3 is 0 Å². The maximum Gasteiger partial charge on any atom is 0.191 e. The molecule has 5 heteroatoms. The molecule has 4 nitrogen and oxygen atoms in total. The van der Waals surface area contributed by atoms with Gasteiger partial charge in [0.25, 0.3) is 0 Å². The number of rotatable bonds is 4. The highest BCUT2D eigenvalue weighted by molar-refractivity contribution is 14.0. The average Bonchev–Trinajstić information content (AvgIpc) is 2.98. The second kappa shape index (κ2) is 8.73. The van der Waals surface area contributed by atoms with Crippen molar-refractivity contribution in [2.75, 3.05) is 7.05 Å². The molecule has 1 aromatic heterocycles. The molecule has 0 amide bonds. The molecule has 0 aliphatic rings. The van der Waals surface area contributed by atoms with Gasteiger partial charge in [-0.15, -0.1) is 24.0 Å². The summed E-state index contributed by atoms with van der Waals surface area (Å²) in [5.74, 6) is 1.65. The molecule has 0 aliphatic carbocycles. The maximum atomic E-state index is 5.80. The van der Waals surface area contributed by atoms with Gasteiger partial charge in [-0.05, 0) is 24.6 Å². The summed E-state index contributed by atoms with van der Waals surface area (Å²) in [6.45, 7) is 3.43. The van der Waals surface area contributed by atoms with Crippen LogP contribution in [0.2, 0.25) is 0 Å². The number of aliphatic imine (C=N–C) groups is 1. The predicted octanol–water partition coefficient (Wildman–Crippen LogP) is 4.22. The molecule has 0 spiro atoms. The SMILES string of the molecule is CN=C(NCc1cccc(C)c1)NCc1cc2ccccc2o1.I. The molecule has 0 atom stereocenters. The van der Waals surface area contributed by atoms with Gasteiger partial charge in [-0.25, -0.2) is 0 Å². The monoisotopic (exact) mass is 435 g/mol. The maximum absolute atomic E-state index is 5.80. The highest BCUT2D eigenvalue weighted by Crippen LogP contribution is 2.18. The number of benzene rings is 2. The molecule has 24 heavy (non-hydrogen) atoms. The van der Waals surface area contributed by atoms with Gasteiger partial charge in [0.2, 0.25) is 0 Å². The zero-order valence-electron chi connectivity index (χ0n) is 13.9. The summed E-state index contributed by atoms with van der Waals surface area (Å²) in [6.07, 6.45) is 0. The molecule has 0 aliphatic heterocycles. The van der Waals surface area contributed by atoms with E-state index in [1.54, 1.807) is 7.05 Å². The van der Waals surface area contributed by atoms with Crippen molar-refractivity contribution in [1.82, 2.24) is 10.6 Å². The van der Waals surface area contributed by atoms with Gasteiger partial charge in [-0.2, -0.15) is 0 Å². The van der Waals surface area contributed by atoms with Crippen molar-refractivity contribution in [3.8, 4) is 0 Å². The first-order chi connectivity index (χ1) is 11.2. The quantitative estimate of drug-likeness (QED) is 0.367. The van der Waals surface area contributed by atoms with E-state index in [0.717, 1.165) is 29.2 Å². The second-order valence-corrected chi connectivity index (χ2v) is 5.52. The van der Waals surface area contributed by atoms with Crippen LogP contribution in [0.4, 0.5) is 0 Å². The lowest BCUT2D eigenvalue weighted by Crippen LogP contribution is -2.36. The zero-order valence-corrected chi connectivity index (χ0v) is 16.2. The lowest BCUT2D eigenvalue weighted by molar-refractivity contribution is 0.538. The first-order valence-corrected chi connectivity index (χ1v) is 7.72. The van der Waals surface area contributed by atoms with Crippen LogP contribution >= 0.6 is 24.0 Å². The minimum absolute atomic E-state index is 0. The Morgan fingerprint density at radius 2 is 1.79 bits per heavy atom. The lowest BCUT2D eigenvalue weighted by Gasteiger charge is -2.11. The molecule has 0 saturated heterocycles. The van der Waals surface area contributed by atoms with E-state index in [9.17, 15) is 0 Å². The van der Waals surface area contributed by atoms with Crippen molar-refractivity contribution >= 4 is 40.9 Å². The summed E-state index contributed by atoms with van der Waals surface area (Å²) in [5, 5.41) is 7.71. The van der Waals surface area contributed by atoms with Gasteiger partial charge in [0, 0.05) is 19.0 Å². The Hall–Kier alpha value is -2.02. The number of nitrogens with one attached hydrogen (secondary N) is 2. The fourth-order valence-electron chi connectivity index (χ4n) is 2.52. The van der Waals surface area contributed by atoms with E-state index in [1.165, 1.54) is 11.1 Å². The third-order valence-corrected chi connectivity index (χ3v) is 3.67. The number of hydrogen-bond donors (Lipinski definition) is 2. The molecular formula is C19H22IN3O. The summed E-state index contributed by atoms with van der Waals surface area (Å²) in [5.41, 5.74) is 3.40. The van der Waals surface area contributed by atoms with E-state index in [-0.39, 0.29) is 24.0 Å². The average molecular weight is 435 g/mol. The minimum atomic E-state index is 0. The van der Waals surface area contributed by atoms with Crippen LogP contribution in [0.3, 0.4) is 0 Å². The van der Waals surface area contributed by atoms with Crippen LogP contribution in [0.15, 0.2) is 64.0 Å². The normalized spacial score (nSPS) is 11.2. The van der Waals surface area contributed by atoms with E-state index in [0.29, 0.717) is 6.54 Å². The van der Waals surface area contributed by atoms with E-state index < -0.39 is 0 Å². The minimum Gasteiger partial charge on any atom is -0.459 e. The summed E-state index contributed by atoms with van der Waals surface area (Å²) in [4.78, 5) is 4.25. The van der Waals surface area contributed by atoms with E-state index in [4.69, 9.17) is 4.42 Å². The summed E-state index contributed by atoms with van der Waals surface area (Å²) >= 11 is 0. The first kappa shape index (κ1) is 18.3. The van der Waals surface area contributed by atoms with E-state index in [2.05, 4.69) is 52.9 Å². The fraction of sp³-hybridized carbons (Fsp3) is 0.211. The van der Waals surface area contributed by atoms with Gasteiger partial charge < -0.3 is 15.1 Å². The summed E-state index contributed by atoms with van der Waals surface area (Å²) in [6, 6.07) is 18.5. The van der Waals surface area contributed by atoms with E-state index in [1.807, 2.05) is 24.3 Å². The summed E-state index contributed by atoms with van der Waals surface area (Å²) in [7, 11) is 1.77. The molecule has 2 aromatic carbocycles. The molecule has 0 unspecified atom stereocenters. The van der Waals surface area contributed by atoms with Crippen LogP contribution in [0, 0.1) is 6.92 Å². The van der Waals surface area contributed by atoms with Crippen molar-refractivity contribution < 1.29 is 4.42 Å². The number of hydrogen-bond acceptors (Lipinski definition) is 2. The Balaban J connectivity index is 0.00000208. The van der Waals surface area contributed by atoms with Crippen LogP contribution < -0.4 is 10.6 Å². The molecular weight excluding hydrogens is 413 g/mol. The van der Waals surface area contributed by atoms with Crippen LogP contribution in [-0.2, 0) is 13.1 Å².